The lowest BCUT2D eigenvalue weighted by molar-refractivity contribution is -0.130. The second kappa shape index (κ2) is 7.98. The largest absolute Gasteiger partial charge is 0.503 e. The van der Waals surface area contributed by atoms with E-state index in [1.807, 2.05) is 36.4 Å². The lowest BCUT2D eigenvalue weighted by atomic mass is 9.95. The van der Waals surface area contributed by atoms with Gasteiger partial charge in [0.1, 0.15) is 5.76 Å². The van der Waals surface area contributed by atoms with Gasteiger partial charge in [-0.05, 0) is 41.5 Å². The average molecular weight is 386 g/mol. The van der Waals surface area contributed by atoms with Crippen LogP contribution >= 0.6 is 0 Å². The van der Waals surface area contributed by atoms with E-state index in [-0.39, 0.29) is 12.1 Å². The van der Waals surface area contributed by atoms with Crippen LogP contribution in [-0.4, -0.2) is 26.7 Å². The highest BCUT2D eigenvalue weighted by Crippen LogP contribution is 2.38. The Hall–Kier alpha value is -3.93. The number of hydrogen-bond acceptors (Lipinski definition) is 5. The third-order valence-corrected chi connectivity index (χ3v) is 4.70. The van der Waals surface area contributed by atoms with Gasteiger partial charge >= 0.3 is 0 Å². The number of aliphatic hydroxyl groups excluding tert-OH is 1. The van der Waals surface area contributed by atoms with Crippen molar-refractivity contribution in [1.82, 2.24) is 9.88 Å². The average Bonchev–Trinajstić information content (AvgIpc) is 3.36. The van der Waals surface area contributed by atoms with Gasteiger partial charge in [0, 0.05) is 18.9 Å². The minimum atomic E-state index is -0.697. The summed E-state index contributed by atoms with van der Waals surface area (Å²) in [4.78, 5) is 31.3. The summed E-state index contributed by atoms with van der Waals surface area (Å²) in [6.07, 6.45) is 7.62. The molecule has 0 aliphatic carbocycles. The highest BCUT2D eigenvalue weighted by atomic mass is 16.3. The van der Waals surface area contributed by atoms with Crippen molar-refractivity contribution in [2.24, 2.45) is 0 Å². The van der Waals surface area contributed by atoms with Gasteiger partial charge in [-0.15, -0.1) is 0 Å². The third kappa shape index (κ3) is 3.73. The van der Waals surface area contributed by atoms with E-state index in [4.69, 9.17) is 4.42 Å². The van der Waals surface area contributed by atoms with Gasteiger partial charge < -0.3 is 14.4 Å². The second-order valence-corrected chi connectivity index (χ2v) is 6.58. The molecule has 1 amide bonds. The molecule has 0 saturated carbocycles. The molecule has 2 aromatic heterocycles. The van der Waals surface area contributed by atoms with Gasteiger partial charge in [0.15, 0.2) is 11.5 Å². The summed E-state index contributed by atoms with van der Waals surface area (Å²) >= 11 is 0. The zero-order chi connectivity index (χ0) is 20.2. The normalized spacial score (nSPS) is 16.8. The Labute approximate surface area is 167 Å². The van der Waals surface area contributed by atoms with E-state index in [2.05, 4.69) is 4.98 Å². The summed E-state index contributed by atoms with van der Waals surface area (Å²) in [6.45, 7) is 0.217. The maximum atomic E-state index is 12.9. The molecule has 1 unspecified atom stereocenters. The smallest absolute Gasteiger partial charge is 0.290 e. The van der Waals surface area contributed by atoms with Crippen LogP contribution in [0.25, 0.3) is 6.08 Å². The summed E-state index contributed by atoms with van der Waals surface area (Å²) in [5, 5.41) is 10.6. The van der Waals surface area contributed by atoms with Crippen LogP contribution in [-0.2, 0) is 16.1 Å². The van der Waals surface area contributed by atoms with Gasteiger partial charge in [0.2, 0.25) is 0 Å². The molecule has 4 rings (SSSR count). The topological polar surface area (TPSA) is 83.6 Å². The van der Waals surface area contributed by atoms with Gasteiger partial charge in [0.05, 0.1) is 17.9 Å². The van der Waals surface area contributed by atoms with Crippen LogP contribution < -0.4 is 0 Å². The number of amides is 1. The molecule has 0 bridgehead atoms. The van der Waals surface area contributed by atoms with Gasteiger partial charge in [-0.3, -0.25) is 14.6 Å². The molecule has 1 aliphatic heterocycles. The lowest BCUT2D eigenvalue weighted by Gasteiger charge is -2.26. The molecule has 1 atom stereocenters. The Kier molecular flexibility index (Phi) is 5.07. The van der Waals surface area contributed by atoms with Crippen molar-refractivity contribution in [3.8, 4) is 0 Å². The van der Waals surface area contributed by atoms with Gasteiger partial charge in [-0.1, -0.05) is 36.4 Å². The molecule has 6 heteroatoms. The first kappa shape index (κ1) is 18.4. The fourth-order valence-electron chi connectivity index (χ4n) is 3.37. The van der Waals surface area contributed by atoms with Crippen molar-refractivity contribution < 1.29 is 19.1 Å². The number of furan rings is 1. The third-order valence-electron chi connectivity index (χ3n) is 4.70. The molecule has 1 N–H and O–H groups in total. The summed E-state index contributed by atoms with van der Waals surface area (Å²) in [5.41, 5.74) is 1.59. The van der Waals surface area contributed by atoms with Gasteiger partial charge in [-0.2, -0.15) is 0 Å². The van der Waals surface area contributed by atoms with Crippen molar-refractivity contribution in [3.63, 3.8) is 0 Å². The molecule has 144 valence electrons. The first-order valence-corrected chi connectivity index (χ1v) is 9.09. The van der Waals surface area contributed by atoms with E-state index in [1.165, 1.54) is 23.3 Å². The number of carbonyl (C=O) groups excluding carboxylic acids is 2. The molecule has 29 heavy (non-hydrogen) atoms. The summed E-state index contributed by atoms with van der Waals surface area (Å²) in [5.74, 6) is -1.06. The molecule has 1 aliphatic rings. The molecule has 0 spiro atoms. The standard InChI is InChI=1S/C23H18N2O4/c26-19(11-10-18-9-5-13-29-18)20-21(17-7-2-1-3-8-17)25(23(28)22(20)27)15-16-6-4-12-24-14-16/h1-14,21,27H,15H2/b11-10+. The molecular formula is C23H18N2O4. The zero-order valence-electron chi connectivity index (χ0n) is 15.4. The molecule has 1 aromatic carbocycles. The molecule has 3 heterocycles. The van der Waals surface area contributed by atoms with Crippen LogP contribution in [0.5, 0.6) is 0 Å². The minimum Gasteiger partial charge on any atom is -0.503 e. The molecule has 0 saturated heterocycles. The van der Waals surface area contributed by atoms with Gasteiger partial charge in [-0.25, -0.2) is 0 Å². The molecule has 3 aromatic rings. The van der Waals surface area contributed by atoms with Crippen LogP contribution in [0.15, 0.2) is 95.1 Å². The van der Waals surface area contributed by atoms with E-state index in [1.54, 1.807) is 30.6 Å². The van der Waals surface area contributed by atoms with Crippen LogP contribution in [0.1, 0.15) is 22.9 Å². The summed E-state index contributed by atoms with van der Waals surface area (Å²) < 4.78 is 5.20. The Bertz CT molecular complexity index is 1070. The zero-order valence-corrected chi connectivity index (χ0v) is 15.4. The Balaban J connectivity index is 1.71. The van der Waals surface area contributed by atoms with Crippen molar-refractivity contribution in [3.05, 3.63) is 108 Å². The number of pyridine rings is 1. The summed E-state index contributed by atoms with van der Waals surface area (Å²) in [6, 6.07) is 15.5. The predicted octanol–water partition coefficient (Wildman–Crippen LogP) is 3.85. The van der Waals surface area contributed by atoms with Crippen LogP contribution in [0.3, 0.4) is 0 Å². The maximum absolute atomic E-state index is 12.9. The van der Waals surface area contributed by atoms with E-state index < -0.39 is 23.5 Å². The molecule has 0 fully saturated rings. The Morgan fingerprint density at radius 3 is 2.66 bits per heavy atom. The van der Waals surface area contributed by atoms with Crippen LogP contribution in [0, 0.1) is 0 Å². The summed E-state index contributed by atoms with van der Waals surface area (Å²) in [7, 11) is 0. The van der Waals surface area contributed by atoms with E-state index >= 15 is 0 Å². The number of carbonyl (C=O) groups is 2. The van der Waals surface area contributed by atoms with Crippen molar-refractivity contribution in [2.75, 3.05) is 0 Å². The molecule has 6 nitrogen and oxygen atoms in total. The minimum absolute atomic E-state index is 0.0490. The van der Waals surface area contributed by atoms with E-state index in [9.17, 15) is 14.7 Å². The van der Waals surface area contributed by atoms with Gasteiger partial charge in [0.25, 0.3) is 5.91 Å². The number of hydrogen-bond donors (Lipinski definition) is 1. The lowest BCUT2D eigenvalue weighted by Crippen LogP contribution is -2.30. The number of ketones is 1. The first-order chi connectivity index (χ1) is 14.1. The van der Waals surface area contributed by atoms with Crippen molar-refractivity contribution in [1.29, 1.82) is 0 Å². The number of benzene rings is 1. The molecular weight excluding hydrogens is 368 g/mol. The number of nitrogens with zero attached hydrogens (tertiary/aromatic N) is 2. The number of allylic oxidation sites excluding steroid dienone is 1. The highest BCUT2D eigenvalue weighted by molar-refractivity contribution is 6.14. The predicted molar refractivity (Wildman–Crippen MR) is 106 cm³/mol. The maximum Gasteiger partial charge on any atom is 0.290 e. The number of rotatable bonds is 6. The monoisotopic (exact) mass is 386 g/mol. The van der Waals surface area contributed by atoms with Crippen molar-refractivity contribution in [2.45, 2.75) is 12.6 Å². The Morgan fingerprint density at radius 2 is 1.97 bits per heavy atom. The van der Waals surface area contributed by atoms with E-state index in [0.717, 1.165) is 11.1 Å². The highest BCUT2D eigenvalue weighted by Gasteiger charge is 2.42. The number of aliphatic hydroxyl groups is 1. The fraction of sp³-hybridized carbons (Fsp3) is 0.0870. The van der Waals surface area contributed by atoms with Crippen molar-refractivity contribution >= 4 is 17.8 Å². The van der Waals surface area contributed by atoms with Crippen LogP contribution in [0.4, 0.5) is 0 Å². The fourth-order valence-corrected chi connectivity index (χ4v) is 3.37. The second-order valence-electron chi connectivity index (χ2n) is 6.58. The number of aromatic nitrogens is 1. The van der Waals surface area contributed by atoms with E-state index in [0.29, 0.717) is 5.76 Å². The van der Waals surface area contributed by atoms with Crippen LogP contribution in [0.2, 0.25) is 0 Å². The first-order valence-electron chi connectivity index (χ1n) is 9.09. The molecule has 0 radical (unpaired) electrons. The quantitative estimate of drug-likeness (QED) is 0.651. The SMILES string of the molecule is O=C(/C=C/c1ccco1)C1=C(O)C(=O)N(Cc2cccnc2)C1c1ccccc1. The Morgan fingerprint density at radius 1 is 1.14 bits per heavy atom.